The lowest BCUT2D eigenvalue weighted by Crippen LogP contribution is -2.19. The molecule has 0 spiro atoms. The topological polar surface area (TPSA) is 52.9 Å². The maximum Gasteiger partial charge on any atom is 0.146 e. The summed E-state index contributed by atoms with van der Waals surface area (Å²) in [6.07, 6.45) is 2.06. The fourth-order valence-electron chi connectivity index (χ4n) is 1.33. The van der Waals surface area contributed by atoms with Gasteiger partial charge in [0.15, 0.2) is 0 Å². The Labute approximate surface area is 66.4 Å². The van der Waals surface area contributed by atoms with E-state index in [1.807, 2.05) is 0 Å². The summed E-state index contributed by atoms with van der Waals surface area (Å²) in [5.74, 6) is 0.533. The highest BCUT2D eigenvalue weighted by molar-refractivity contribution is 5.80. The van der Waals surface area contributed by atoms with Crippen molar-refractivity contribution in [2.75, 3.05) is 13.1 Å². The predicted molar refractivity (Wildman–Crippen MR) is 40.8 cm³/mol. The number of hydrogen-bond donors (Lipinski definition) is 1. The summed E-state index contributed by atoms with van der Waals surface area (Å²) >= 11 is 0. The Balaban J connectivity index is 2.40. The van der Waals surface area contributed by atoms with Gasteiger partial charge in [-0.2, -0.15) is 5.26 Å². The minimum absolute atomic E-state index is 0.239. The Morgan fingerprint density at radius 1 is 1.73 bits per heavy atom. The zero-order chi connectivity index (χ0) is 8.10. The van der Waals surface area contributed by atoms with Crippen molar-refractivity contribution in [3.63, 3.8) is 0 Å². The normalized spacial score (nSPS) is 25.7. The highest BCUT2D eigenvalue weighted by Crippen LogP contribution is 2.14. The molecule has 1 fully saturated rings. The number of hydrogen-bond acceptors (Lipinski definition) is 3. The average Bonchev–Trinajstić information content (AvgIpc) is 2.15. The van der Waals surface area contributed by atoms with Gasteiger partial charge in [0.2, 0.25) is 0 Å². The highest BCUT2D eigenvalue weighted by atomic mass is 16.1. The number of Topliss-reactive ketones (excluding diaryl/α,β-unsaturated/α-hetero) is 1. The van der Waals surface area contributed by atoms with Gasteiger partial charge in [-0.25, -0.2) is 0 Å². The molecule has 0 aliphatic carbocycles. The summed E-state index contributed by atoms with van der Waals surface area (Å²) < 4.78 is 0. The van der Waals surface area contributed by atoms with Crippen molar-refractivity contribution >= 4 is 5.78 Å². The van der Waals surface area contributed by atoms with E-state index in [-0.39, 0.29) is 5.78 Å². The first-order valence-corrected chi connectivity index (χ1v) is 3.92. The van der Waals surface area contributed by atoms with E-state index in [0.717, 1.165) is 13.0 Å². The Morgan fingerprint density at radius 3 is 3.27 bits per heavy atom. The SMILES string of the molecule is N#CCC1CCNCC(=O)C1. The summed E-state index contributed by atoms with van der Waals surface area (Å²) in [5, 5.41) is 11.4. The van der Waals surface area contributed by atoms with Gasteiger partial charge in [0.05, 0.1) is 12.6 Å². The van der Waals surface area contributed by atoms with Crippen LogP contribution in [0.4, 0.5) is 0 Å². The van der Waals surface area contributed by atoms with Crippen LogP contribution in [0.15, 0.2) is 0 Å². The summed E-state index contributed by atoms with van der Waals surface area (Å²) in [6.45, 7) is 1.36. The zero-order valence-corrected chi connectivity index (χ0v) is 6.47. The third-order valence-electron chi connectivity index (χ3n) is 1.95. The number of carbonyl (C=O) groups excluding carboxylic acids is 1. The second-order valence-electron chi connectivity index (χ2n) is 2.94. The number of nitrogens with one attached hydrogen (secondary N) is 1. The molecular weight excluding hydrogens is 140 g/mol. The Morgan fingerprint density at radius 2 is 2.55 bits per heavy atom. The van der Waals surface area contributed by atoms with Gasteiger partial charge in [0, 0.05) is 12.8 Å². The maximum atomic E-state index is 11.0. The van der Waals surface area contributed by atoms with Crippen LogP contribution in [0.2, 0.25) is 0 Å². The standard InChI is InChI=1S/C8H12N2O/c9-3-1-7-2-4-10-6-8(11)5-7/h7,10H,1-2,4-6H2. The van der Waals surface area contributed by atoms with Gasteiger partial charge in [0.1, 0.15) is 5.78 Å². The molecule has 60 valence electrons. The van der Waals surface area contributed by atoms with E-state index in [1.54, 1.807) is 0 Å². The van der Waals surface area contributed by atoms with Gasteiger partial charge in [-0.05, 0) is 18.9 Å². The van der Waals surface area contributed by atoms with Gasteiger partial charge >= 0.3 is 0 Å². The number of ketones is 1. The van der Waals surface area contributed by atoms with Crippen LogP contribution in [0.3, 0.4) is 0 Å². The first kappa shape index (κ1) is 8.22. The summed E-state index contributed by atoms with van der Waals surface area (Å²) in [6, 6.07) is 2.11. The number of rotatable bonds is 1. The van der Waals surface area contributed by atoms with E-state index >= 15 is 0 Å². The summed E-state index contributed by atoms with van der Waals surface area (Å²) in [7, 11) is 0. The van der Waals surface area contributed by atoms with Crippen LogP contribution in [-0.4, -0.2) is 18.9 Å². The van der Waals surface area contributed by atoms with Crippen LogP contribution in [0.1, 0.15) is 19.3 Å². The molecule has 0 aromatic rings. The Bertz CT molecular complexity index is 183. The smallest absolute Gasteiger partial charge is 0.146 e. The molecule has 0 aromatic carbocycles. The second-order valence-corrected chi connectivity index (χ2v) is 2.94. The third-order valence-corrected chi connectivity index (χ3v) is 1.95. The molecule has 1 saturated heterocycles. The number of carbonyl (C=O) groups is 1. The van der Waals surface area contributed by atoms with Crippen molar-refractivity contribution in [1.82, 2.24) is 5.32 Å². The quantitative estimate of drug-likeness (QED) is 0.594. The minimum atomic E-state index is 0.239. The number of nitrogens with zero attached hydrogens (tertiary/aromatic N) is 1. The molecule has 1 heterocycles. The van der Waals surface area contributed by atoms with E-state index in [9.17, 15) is 4.79 Å². The molecule has 0 saturated carbocycles. The fraction of sp³-hybridized carbons (Fsp3) is 0.750. The zero-order valence-electron chi connectivity index (χ0n) is 6.47. The van der Waals surface area contributed by atoms with Crippen LogP contribution in [0.5, 0.6) is 0 Å². The molecule has 0 amide bonds. The van der Waals surface area contributed by atoms with E-state index < -0.39 is 0 Å². The van der Waals surface area contributed by atoms with Crippen molar-refractivity contribution in [2.24, 2.45) is 5.92 Å². The highest BCUT2D eigenvalue weighted by Gasteiger charge is 2.16. The lowest BCUT2D eigenvalue weighted by molar-refractivity contribution is -0.118. The summed E-state index contributed by atoms with van der Waals surface area (Å²) in [5.41, 5.74) is 0. The Hall–Kier alpha value is -0.880. The van der Waals surface area contributed by atoms with E-state index in [4.69, 9.17) is 5.26 Å². The molecule has 11 heavy (non-hydrogen) atoms. The van der Waals surface area contributed by atoms with Crippen molar-refractivity contribution in [3.05, 3.63) is 0 Å². The van der Waals surface area contributed by atoms with Gasteiger partial charge in [-0.15, -0.1) is 0 Å². The molecule has 0 radical (unpaired) electrons. The van der Waals surface area contributed by atoms with Gasteiger partial charge in [0.25, 0.3) is 0 Å². The molecule has 3 nitrogen and oxygen atoms in total. The van der Waals surface area contributed by atoms with Gasteiger partial charge < -0.3 is 5.32 Å². The molecule has 1 atom stereocenters. The molecule has 1 rings (SSSR count). The Kier molecular flexibility index (Phi) is 3.06. The predicted octanol–water partition coefficient (Wildman–Crippen LogP) is 0.469. The first-order valence-electron chi connectivity index (χ1n) is 3.92. The van der Waals surface area contributed by atoms with E-state index in [2.05, 4.69) is 11.4 Å². The first-order chi connectivity index (χ1) is 5.33. The number of nitriles is 1. The molecule has 1 unspecified atom stereocenters. The molecule has 1 N–H and O–H groups in total. The van der Waals surface area contributed by atoms with E-state index in [0.29, 0.717) is 25.3 Å². The van der Waals surface area contributed by atoms with Crippen LogP contribution < -0.4 is 5.32 Å². The van der Waals surface area contributed by atoms with Crippen molar-refractivity contribution in [3.8, 4) is 6.07 Å². The lowest BCUT2D eigenvalue weighted by atomic mass is 9.97. The molecule has 3 heteroatoms. The molecule has 0 aromatic heterocycles. The van der Waals surface area contributed by atoms with Gasteiger partial charge in [-0.1, -0.05) is 0 Å². The molecule has 1 aliphatic rings. The summed E-state index contributed by atoms with van der Waals surface area (Å²) in [4.78, 5) is 11.0. The molecule has 0 bridgehead atoms. The van der Waals surface area contributed by atoms with Crippen LogP contribution >= 0.6 is 0 Å². The monoisotopic (exact) mass is 152 g/mol. The third kappa shape index (κ3) is 2.69. The maximum absolute atomic E-state index is 11.0. The van der Waals surface area contributed by atoms with Crippen LogP contribution in [0.25, 0.3) is 0 Å². The van der Waals surface area contributed by atoms with Crippen molar-refractivity contribution in [1.29, 1.82) is 5.26 Å². The average molecular weight is 152 g/mol. The van der Waals surface area contributed by atoms with Crippen molar-refractivity contribution < 1.29 is 4.79 Å². The van der Waals surface area contributed by atoms with Crippen LogP contribution in [-0.2, 0) is 4.79 Å². The van der Waals surface area contributed by atoms with E-state index in [1.165, 1.54) is 0 Å². The molecular formula is C8H12N2O. The largest absolute Gasteiger partial charge is 0.310 e. The minimum Gasteiger partial charge on any atom is -0.310 e. The second kappa shape index (κ2) is 4.09. The molecule has 1 aliphatic heterocycles. The van der Waals surface area contributed by atoms with Crippen LogP contribution in [0, 0.1) is 17.2 Å². The fourth-order valence-corrected chi connectivity index (χ4v) is 1.33. The van der Waals surface area contributed by atoms with Gasteiger partial charge in [-0.3, -0.25) is 4.79 Å². The van der Waals surface area contributed by atoms with Crippen molar-refractivity contribution in [2.45, 2.75) is 19.3 Å². The lowest BCUT2D eigenvalue weighted by Gasteiger charge is -2.05.